The predicted molar refractivity (Wildman–Crippen MR) is 108 cm³/mol. The van der Waals surface area contributed by atoms with Crippen LogP contribution >= 0.6 is 0 Å². The summed E-state index contributed by atoms with van der Waals surface area (Å²) in [5, 5.41) is 0. The Labute approximate surface area is 177 Å². The number of pyridine rings is 2. The SMILES string of the molecule is COc1cc(C(F)(F)F)cnc1OC.Cn1c(CN2CC3CC3C2)nc2ncccc21. The van der Waals surface area contributed by atoms with E-state index in [1.165, 1.54) is 33.7 Å². The fourth-order valence-corrected chi connectivity index (χ4v) is 3.93. The van der Waals surface area contributed by atoms with Crippen LogP contribution < -0.4 is 9.47 Å². The van der Waals surface area contributed by atoms with Crippen molar-refractivity contribution in [3.8, 4) is 11.6 Å². The average molecular weight is 435 g/mol. The molecule has 0 aromatic carbocycles. The number of rotatable bonds is 4. The van der Waals surface area contributed by atoms with Crippen LogP contribution in [-0.2, 0) is 19.8 Å². The molecule has 0 bridgehead atoms. The number of likely N-dealkylation sites (tertiary alicyclic amines) is 1. The Hall–Kier alpha value is -2.88. The van der Waals surface area contributed by atoms with Gasteiger partial charge in [-0.2, -0.15) is 13.2 Å². The molecule has 0 amide bonds. The zero-order valence-electron chi connectivity index (χ0n) is 17.6. The number of alkyl halides is 3. The van der Waals surface area contributed by atoms with Crippen molar-refractivity contribution in [2.24, 2.45) is 18.9 Å². The Balaban J connectivity index is 0.000000153. The normalized spacial score (nSPS) is 20.2. The van der Waals surface area contributed by atoms with Crippen LogP contribution in [-0.4, -0.2) is 51.7 Å². The zero-order valence-corrected chi connectivity index (χ0v) is 17.6. The highest BCUT2D eigenvalue weighted by Crippen LogP contribution is 2.45. The van der Waals surface area contributed by atoms with Crippen LogP contribution in [0.1, 0.15) is 17.8 Å². The van der Waals surface area contributed by atoms with E-state index in [9.17, 15) is 13.2 Å². The van der Waals surface area contributed by atoms with E-state index >= 15 is 0 Å². The van der Waals surface area contributed by atoms with Gasteiger partial charge in [0, 0.05) is 32.5 Å². The third-order valence-corrected chi connectivity index (χ3v) is 5.73. The quantitative estimate of drug-likeness (QED) is 0.625. The van der Waals surface area contributed by atoms with Crippen LogP contribution in [0.25, 0.3) is 11.2 Å². The van der Waals surface area contributed by atoms with Crippen molar-refractivity contribution in [1.82, 2.24) is 24.4 Å². The summed E-state index contributed by atoms with van der Waals surface area (Å²) >= 11 is 0. The highest BCUT2D eigenvalue weighted by molar-refractivity contribution is 5.71. The smallest absolute Gasteiger partial charge is 0.418 e. The molecule has 3 aromatic rings. The van der Waals surface area contributed by atoms with Crippen molar-refractivity contribution >= 4 is 11.2 Å². The van der Waals surface area contributed by atoms with Gasteiger partial charge in [0.1, 0.15) is 5.82 Å². The first-order valence-electron chi connectivity index (χ1n) is 9.94. The molecule has 2 aliphatic rings. The highest BCUT2D eigenvalue weighted by Gasteiger charge is 2.45. The lowest BCUT2D eigenvalue weighted by Crippen LogP contribution is -2.23. The van der Waals surface area contributed by atoms with Crippen LogP contribution in [0.2, 0.25) is 0 Å². The molecule has 0 spiro atoms. The van der Waals surface area contributed by atoms with Crippen LogP contribution in [0.5, 0.6) is 11.6 Å². The van der Waals surface area contributed by atoms with Gasteiger partial charge in [0.05, 0.1) is 31.8 Å². The van der Waals surface area contributed by atoms with Gasteiger partial charge in [0.2, 0.25) is 0 Å². The van der Waals surface area contributed by atoms with Gasteiger partial charge in [-0.05, 0) is 36.5 Å². The maximum Gasteiger partial charge on any atom is 0.418 e. The Morgan fingerprint density at radius 3 is 2.48 bits per heavy atom. The summed E-state index contributed by atoms with van der Waals surface area (Å²) in [5.41, 5.74) is 1.14. The third-order valence-electron chi connectivity index (χ3n) is 5.73. The van der Waals surface area contributed by atoms with Gasteiger partial charge in [0.25, 0.3) is 5.88 Å². The van der Waals surface area contributed by atoms with E-state index in [1.54, 1.807) is 0 Å². The highest BCUT2D eigenvalue weighted by atomic mass is 19.4. The van der Waals surface area contributed by atoms with E-state index in [4.69, 9.17) is 4.74 Å². The molecule has 1 aliphatic heterocycles. The molecule has 2 fully saturated rings. The topological polar surface area (TPSA) is 65.3 Å². The molecule has 0 N–H and O–H groups in total. The van der Waals surface area contributed by atoms with Crippen LogP contribution in [0.3, 0.4) is 0 Å². The van der Waals surface area contributed by atoms with E-state index in [0.29, 0.717) is 6.20 Å². The number of ether oxygens (including phenoxy) is 2. The van der Waals surface area contributed by atoms with Crippen LogP contribution in [0.15, 0.2) is 30.6 Å². The number of imidazole rings is 1. The number of aromatic nitrogens is 4. The second-order valence-corrected chi connectivity index (χ2v) is 7.82. The molecular weight excluding hydrogens is 411 g/mol. The van der Waals surface area contributed by atoms with Crippen molar-refractivity contribution in [3.63, 3.8) is 0 Å². The Kier molecular flexibility index (Phi) is 5.74. The number of halogens is 3. The van der Waals surface area contributed by atoms with E-state index in [-0.39, 0.29) is 11.6 Å². The fraction of sp³-hybridized carbons (Fsp3) is 0.476. The Bertz CT molecular complexity index is 1060. The summed E-state index contributed by atoms with van der Waals surface area (Å²) < 4.78 is 48.2. The van der Waals surface area contributed by atoms with Gasteiger partial charge in [-0.15, -0.1) is 0 Å². The second-order valence-electron chi connectivity index (χ2n) is 7.82. The maximum atomic E-state index is 12.2. The molecule has 7 nitrogen and oxygen atoms in total. The molecule has 0 radical (unpaired) electrons. The molecule has 4 heterocycles. The fourth-order valence-electron chi connectivity index (χ4n) is 3.93. The van der Waals surface area contributed by atoms with Gasteiger partial charge in [-0.1, -0.05) is 0 Å². The largest absolute Gasteiger partial charge is 0.491 e. The first kappa shape index (κ1) is 21.4. The molecule has 166 valence electrons. The Morgan fingerprint density at radius 1 is 1.13 bits per heavy atom. The number of hydrogen-bond acceptors (Lipinski definition) is 6. The molecule has 1 aliphatic carbocycles. The predicted octanol–water partition coefficient (Wildman–Crippen LogP) is 3.54. The molecule has 31 heavy (non-hydrogen) atoms. The zero-order chi connectivity index (χ0) is 22.2. The minimum atomic E-state index is -4.42. The van der Waals surface area contributed by atoms with Crippen molar-refractivity contribution in [1.29, 1.82) is 0 Å². The van der Waals surface area contributed by atoms with Gasteiger partial charge in [-0.25, -0.2) is 15.0 Å². The summed E-state index contributed by atoms with van der Waals surface area (Å²) in [7, 11) is 4.64. The van der Waals surface area contributed by atoms with Gasteiger partial charge < -0.3 is 14.0 Å². The number of aryl methyl sites for hydroxylation is 1. The molecule has 5 rings (SSSR count). The van der Waals surface area contributed by atoms with Gasteiger partial charge in [0.15, 0.2) is 11.4 Å². The number of piperidine rings is 1. The van der Waals surface area contributed by atoms with Crippen molar-refractivity contribution in [2.45, 2.75) is 19.1 Å². The summed E-state index contributed by atoms with van der Waals surface area (Å²) in [4.78, 5) is 14.9. The number of nitrogens with zero attached hydrogens (tertiary/aromatic N) is 5. The summed E-state index contributed by atoms with van der Waals surface area (Å²) in [6, 6.07) is 4.89. The maximum absolute atomic E-state index is 12.2. The van der Waals surface area contributed by atoms with Gasteiger partial charge >= 0.3 is 6.18 Å². The standard InChI is InChI=1S/C13H16N4.C8H8F3NO2/c1-16-11-3-2-4-14-13(11)15-12(16)8-17-6-9-5-10(9)7-17;1-13-6-3-5(8(9,10)11)4-12-7(6)14-2/h2-4,9-10H,5-8H2,1H3;3-4H,1-2H3. The number of hydrogen-bond donors (Lipinski definition) is 0. The van der Waals surface area contributed by atoms with E-state index in [1.807, 2.05) is 12.3 Å². The van der Waals surface area contributed by atoms with E-state index in [0.717, 1.165) is 41.4 Å². The molecular formula is C21H24F3N5O2. The van der Waals surface area contributed by atoms with Crippen molar-refractivity contribution in [3.05, 3.63) is 42.0 Å². The summed E-state index contributed by atoms with van der Waals surface area (Å²) in [6.07, 6.45) is -0.460. The number of methoxy groups -OCH3 is 2. The molecule has 3 aromatic heterocycles. The van der Waals surface area contributed by atoms with Crippen molar-refractivity contribution < 1.29 is 22.6 Å². The molecule has 10 heteroatoms. The Morgan fingerprint density at radius 2 is 1.87 bits per heavy atom. The lowest BCUT2D eigenvalue weighted by Gasteiger charge is -2.16. The lowest BCUT2D eigenvalue weighted by molar-refractivity contribution is -0.138. The summed E-state index contributed by atoms with van der Waals surface area (Å²) in [5.74, 6) is 3.11. The summed E-state index contributed by atoms with van der Waals surface area (Å²) in [6.45, 7) is 3.50. The molecule has 1 saturated carbocycles. The third kappa shape index (κ3) is 4.58. The minimum absolute atomic E-state index is 0.0282. The van der Waals surface area contributed by atoms with Crippen LogP contribution in [0.4, 0.5) is 13.2 Å². The van der Waals surface area contributed by atoms with Crippen LogP contribution in [0, 0.1) is 11.8 Å². The number of fused-ring (bicyclic) bond motifs is 2. The molecule has 2 atom stereocenters. The van der Waals surface area contributed by atoms with Crippen molar-refractivity contribution in [2.75, 3.05) is 27.3 Å². The molecule has 1 saturated heterocycles. The van der Waals surface area contributed by atoms with E-state index < -0.39 is 11.7 Å². The van der Waals surface area contributed by atoms with E-state index in [2.05, 4.69) is 42.3 Å². The second kappa shape index (κ2) is 8.33. The monoisotopic (exact) mass is 435 g/mol. The first-order chi connectivity index (χ1) is 14.8. The first-order valence-corrected chi connectivity index (χ1v) is 9.94. The minimum Gasteiger partial charge on any atom is -0.491 e. The van der Waals surface area contributed by atoms with Gasteiger partial charge in [-0.3, -0.25) is 4.90 Å². The average Bonchev–Trinajstić information content (AvgIpc) is 3.24. The lowest BCUT2D eigenvalue weighted by atomic mass is 10.2. The molecule has 2 unspecified atom stereocenters.